The van der Waals surface area contributed by atoms with E-state index in [-0.39, 0.29) is 18.0 Å². The number of nitrogens with zero attached hydrogens (tertiary/aromatic N) is 4. The number of morpholine rings is 2. The van der Waals surface area contributed by atoms with E-state index >= 15 is 0 Å². The summed E-state index contributed by atoms with van der Waals surface area (Å²) in [5, 5.41) is 3.70. The summed E-state index contributed by atoms with van der Waals surface area (Å²) in [5.41, 5.74) is 4.11. The molecule has 1 amide bonds. The first-order valence-electron chi connectivity index (χ1n) is 11.9. The van der Waals surface area contributed by atoms with Gasteiger partial charge < -0.3 is 24.6 Å². The summed E-state index contributed by atoms with van der Waals surface area (Å²) in [6, 6.07) is 14.3. The van der Waals surface area contributed by atoms with Crippen molar-refractivity contribution in [3.8, 4) is 11.3 Å². The lowest BCUT2D eigenvalue weighted by atomic mass is 10.1. The highest BCUT2D eigenvalue weighted by Crippen LogP contribution is 2.34. The average molecular weight is 462 g/mol. The predicted molar refractivity (Wildman–Crippen MR) is 134 cm³/mol. The monoisotopic (exact) mass is 461 g/mol. The maximum Gasteiger partial charge on any atom is 0.251 e. The van der Waals surface area contributed by atoms with Crippen LogP contribution in [0.1, 0.15) is 24.2 Å². The average Bonchev–Trinajstić information content (AvgIpc) is 2.88. The van der Waals surface area contributed by atoms with Gasteiger partial charge in [-0.2, -0.15) is 0 Å². The minimum absolute atomic E-state index is 0.118. The Morgan fingerprint density at radius 2 is 1.71 bits per heavy atom. The summed E-state index contributed by atoms with van der Waals surface area (Å²) in [4.78, 5) is 26.8. The lowest BCUT2D eigenvalue weighted by molar-refractivity contribution is 0.0963. The number of rotatable bonds is 4. The summed E-state index contributed by atoms with van der Waals surface area (Å²) in [7, 11) is 1.63. The van der Waals surface area contributed by atoms with Crippen LogP contribution in [-0.4, -0.2) is 74.5 Å². The number of aromatic nitrogens is 2. The normalized spacial score (nSPS) is 21.0. The minimum Gasteiger partial charge on any atom is -0.377 e. The highest BCUT2D eigenvalue weighted by molar-refractivity contribution is 5.96. The Morgan fingerprint density at radius 1 is 0.971 bits per heavy atom. The van der Waals surface area contributed by atoms with Gasteiger partial charge in [0, 0.05) is 48.8 Å². The van der Waals surface area contributed by atoms with E-state index in [0.717, 1.165) is 41.2 Å². The van der Waals surface area contributed by atoms with Gasteiger partial charge in [-0.1, -0.05) is 12.1 Å². The standard InChI is InChI=1S/C26H31N5O3/c1-17-15-33-11-9-30(17)23-14-24(31-10-12-34-16-18(31)2)29-25-21(23)7-8-22(28-25)19-5-4-6-20(13-19)26(32)27-3/h4-8,13-14,17-18H,9-12,15-16H2,1-3H3,(H,27,32). The largest absolute Gasteiger partial charge is 0.377 e. The molecule has 178 valence electrons. The van der Waals surface area contributed by atoms with Gasteiger partial charge in [-0.25, -0.2) is 9.97 Å². The molecule has 0 bridgehead atoms. The Morgan fingerprint density at radius 3 is 2.41 bits per heavy atom. The van der Waals surface area contributed by atoms with E-state index in [9.17, 15) is 4.79 Å². The Labute approximate surface area is 199 Å². The van der Waals surface area contributed by atoms with E-state index in [1.54, 1.807) is 13.1 Å². The Kier molecular flexibility index (Phi) is 6.34. The zero-order valence-electron chi connectivity index (χ0n) is 20.0. The Balaban J connectivity index is 1.63. The number of pyridine rings is 2. The molecule has 5 rings (SSSR count). The molecule has 2 unspecified atom stereocenters. The van der Waals surface area contributed by atoms with Gasteiger partial charge in [-0.3, -0.25) is 4.79 Å². The molecule has 2 aromatic heterocycles. The number of benzene rings is 1. The van der Waals surface area contributed by atoms with Crippen LogP contribution in [0, 0.1) is 0 Å². The van der Waals surface area contributed by atoms with Gasteiger partial charge >= 0.3 is 0 Å². The van der Waals surface area contributed by atoms with Crippen molar-refractivity contribution in [3.63, 3.8) is 0 Å². The minimum atomic E-state index is -0.118. The van der Waals surface area contributed by atoms with E-state index in [0.29, 0.717) is 37.6 Å². The van der Waals surface area contributed by atoms with Crippen molar-refractivity contribution in [3.05, 3.63) is 48.0 Å². The lowest BCUT2D eigenvalue weighted by Crippen LogP contribution is -2.45. The number of hydrogen-bond donors (Lipinski definition) is 1. The molecule has 2 saturated heterocycles. The van der Waals surface area contributed by atoms with Crippen molar-refractivity contribution < 1.29 is 14.3 Å². The van der Waals surface area contributed by atoms with E-state index in [4.69, 9.17) is 19.4 Å². The highest BCUT2D eigenvalue weighted by Gasteiger charge is 2.26. The molecular weight excluding hydrogens is 430 g/mol. The van der Waals surface area contributed by atoms with Gasteiger partial charge in [0.1, 0.15) is 5.82 Å². The molecule has 1 N–H and O–H groups in total. The third kappa shape index (κ3) is 4.31. The third-order valence-corrected chi connectivity index (χ3v) is 6.62. The molecule has 2 atom stereocenters. The van der Waals surface area contributed by atoms with Crippen LogP contribution in [0.2, 0.25) is 0 Å². The fraction of sp³-hybridized carbons (Fsp3) is 0.423. The van der Waals surface area contributed by atoms with Gasteiger partial charge in [0.2, 0.25) is 0 Å². The zero-order chi connectivity index (χ0) is 23.7. The van der Waals surface area contributed by atoms with E-state index < -0.39 is 0 Å². The van der Waals surface area contributed by atoms with Crippen LogP contribution in [0.4, 0.5) is 11.5 Å². The van der Waals surface area contributed by atoms with Crippen molar-refractivity contribution >= 4 is 28.4 Å². The topological polar surface area (TPSA) is 79.8 Å². The van der Waals surface area contributed by atoms with Crippen molar-refractivity contribution in [2.75, 3.05) is 56.4 Å². The first-order valence-corrected chi connectivity index (χ1v) is 11.9. The SMILES string of the molecule is CNC(=O)c1cccc(-c2ccc3c(N4CCOCC4C)cc(N4CCOCC4C)nc3n2)c1. The Bertz CT molecular complexity index is 1200. The van der Waals surface area contributed by atoms with E-state index in [2.05, 4.69) is 41.1 Å². The molecule has 1 aromatic carbocycles. The van der Waals surface area contributed by atoms with Gasteiger partial charge in [-0.15, -0.1) is 0 Å². The number of ether oxygens (including phenoxy) is 2. The van der Waals surface area contributed by atoms with Gasteiger partial charge in [0.05, 0.1) is 43.9 Å². The van der Waals surface area contributed by atoms with Gasteiger partial charge in [0.15, 0.2) is 5.65 Å². The first-order chi connectivity index (χ1) is 16.5. The van der Waals surface area contributed by atoms with Crippen molar-refractivity contribution in [1.82, 2.24) is 15.3 Å². The molecule has 8 heteroatoms. The van der Waals surface area contributed by atoms with Gasteiger partial charge in [0.25, 0.3) is 5.91 Å². The van der Waals surface area contributed by atoms with Crippen LogP contribution in [-0.2, 0) is 9.47 Å². The fourth-order valence-corrected chi connectivity index (χ4v) is 4.74. The second kappa shape index (κ2) is 9.56. The summed E-state index contributed by atoms with van der Waals surface area (Å²) in [5.74, 6) is 0.800. The molecule has 2 aliphatic rings. The van der Waals surface area contributed by atoms with Crippen LogP contribution < -0.4 is 15.1 Å². The second-order valence-electron chi connectivity index (χ2n) is 8.96. The molecule has 0 saturated carbocycles. The zero-order valence-corrected chi connectivity index (χ0v) is 20.0. The molecule has 34 heavy (non-hydrogen) atoms. The van der Waals surface area contributed by atoms with Crippen molar-refractivity contribution in [2.24, 2.45) is 0 Å². The fourth-order valence-electron chi connectivity index (χ4n) is 4.74. The molecule has 0 radical (unpaired) electrons. The molecule has 4 heterocycles. The number of fused-ring (bicyclic) bond motifs is 1. The second-order valence-corrected chi connectivity index (χ2v) is 8.96. The number of amides is 1. The van der Waals surface area contributed by atoms with Crippen LogP contribution in [0.25, 0.3) is 22.3 Å². The van der Waals surface area contributed by atoms with Crippen LogP contribution in [0.3, 0.4) is 0 Å². The maximum absolute atomic E-state index is 12.1. The highest BCUT2D eigenvalue weighted by atomic mass is 16.5. The number of anilines is 2. The molecule has 0 spiro atoms. The summed E-state index contributed by atoms with van der Waals surface area (Å²) < 4.78 is 11.3. The summed E-state index contributed by atoms with van der Waals surface area (Å²) in [6.45, 7) is 8.75. The van der Waals surface area contributed by atoms with Crippen molar-refractivity contribution in [1.29, 1.82) is 0 Å². The van der Waals surface area contributed by atoms with Crippen LogP contribution in [0.5, 0.6) is 0 Å². The molecular formula is C26H31N5O3. The predicted octanol–water partition coefficient (Wildman–Crippen LogP) is 3.11. The number of carbonyl (C=O) groups is 1. The van der Waals surface area contributed by atoms with Crippen LogP contribution in [0.15, 0.2) is 42.5 Å². The van der Waals surface area contributed by atoms with Crippen molar-refractivity contribution in [2.45, 2.75) is 25.9 Å². The van der Waals surface area contributed by atoms with Crippen LogP contribution >= 0.6 is 0 Å². The first kappa shape index (κ1) is 22.6. The van der Waals surface area contributed by atoms with E-state index in [1.165, 1.54) is 0 Å². The summed E-state index contributed by atoms with van der Waals surface area (Å²) >= 11 is 0. The number of carbonyl (C=O) groups excluding carboxylic acids is 1. The van der Waals surface area contributed by atoms with E-state index in [1.807, 2.05) is 24.3 Å². The molecule has 0 aliphatic carbocycles. The molecule has 8 nitrogen and oxygen atoms in total. The maximum atomic E-state index is 12.1. The molecule has 2 fully saturated rings. The smallest absolute Gasteiger partial charge is 0.251 e. The Hall–Kier alpha value is -3.23. The molecule has 3 aromatic rings. The number of hydrogen-bond acceptors (Lipinski definition) is 7. The van der Waals surface area contributed by atoms with Gasteiger partial charge in [-0.05, 0) is 38.1 Å². The lowest BCUT2D eigenvalue weighted by Gasteiger charge is -2.38. The number of nitrogens with one attached hydrogen (secondary N) is 1. The quantitative estimate of drug-likeness (QED) is 0.640. The molecule has 2 aliphatic heterocycles. The summed E-state index contributed by atoms with van der Waals surface area (Å²) in [6.07, 6.45) is 0. The third-order valence-electron chi connectivity index (χ3n) is 6.62.